The fraction of sp³-hybridized carbons (Fsp3) is 0.538. The molecule has 0 spiro atoms. The molecule has 0 bridgehead atoms. The lowest BCUT2D eigenvalue weighted by molar-refractivity contribution is 0.255. The Morgan fingerprint density at radius 3 is 3.00 bits per heavy atom. The van der Waals surface area contributed by atoms with E-state index in [1.807, 2.05) is 0 Å². The molecule has 3 heteroatoms. The van der Waals surface area contributed by atoms with Gasteiger partial charge >= 0.3 is 0 Å². The van der Waals surface area contributed by atoms with Crippen molar-refractivity contribution in [1.29, 1.82) is 0 Å². The van der Waals surface area contributed by atoms with Crippen molar-refractivity contribution in [3.05, 3.63) is 23.8 Å². The molecule has 1 aliphatic rings. The Bertz CT molecular complexity index is 363. The summed E-state index contributed by atoms with van der Waals surface area (Å²) in [5, 5.41) is 3.36. The van der Waals surface area contributed by atoms with Crippen LogP contribution in [0.15, 0.2) is 18.2 Å². The van der Waals surface area contributed by atoms with E-state index in [0.29, 0.717) is 6.04 Å². The van der Waals surface area contributed by atoms with Gasteiger partial charge in [-0.3, -0.25) is 4.90 Å². The molecule has 3 nitrogen and oxygen atoms in total. The highest BCUT2D eigenvalue weighted by atomic mass is 16.5. The smallest absolute Gasteiger partial charge is 0.146 e. The van der Waals surface area contributed by atoms with Crippen molar-refractivity contribution >= 4 is 5.69 Å². The number of hydrogen-bond acceptors (Lipinski definition) is 3. The summed E-state index contributed by atoms with van der Waals surface area (Å²) in [4.78, 5) is 2.31. The molecular formula is C13H20N2O. The summed E-state index contributed by atoms with van der Waals surface area (Å²) in [5.74, 6) is 1.03. The van der Waals surface area contributed by atoms with Crippen molar-refractivity contribution in [2.24, 2.45) is 0 Å². The van der Waals surface area contributed by atoms with Crippen molar-refractivity contribution in [1.82, 2.24) is 4.90 Å². The highest BCUT2D eigenvalue weighted by molar-refractivity contribution is 5.61. The van der Waals surface area contributed by atoms with Crippen LogP contribution >= 0.6 is 0 Å². The molecule has 2 rings (SSSR count). The van der Waals surface area contributed by atoms with Crippen LogP contribution in [0.5, 0.6) is 5.75 Å². The van der Waals surface area contributed by atoms with Crippen LogP contribution in [-0.4, -0.2) is 31.1 Å². The van der Waals surface area contributed by atoms with Crippen molar-refractivity contribution in [2.75, 3.05) is 25.5 Å². The van der Waals surface area contributed by atoms with Gasteiger partial charge in [0.15, 0.2) is 0 Å². The van der Waals surface area contributed by atoms with Crippen LogP contribution in [0, 0.1) is 0 Å². The fourth-order valence-corrected chi connectivity index (χ4v) is 1.81. The van der Waals surface area contributed by atoms with Gasteiger partial charge in [0.05, 0.1) is 5.69 Å². The third-order valence-corrected chi connectivity index (χ3v) is 3.06. The van der Waals surface area contributed by atoms with Crippen LogP contribution < -0.4 is 10.1 Å². The molecule has 0 aromatic heterocycles. The first-order valence-electron chi connectivity index (χ1n) is 5.87. The Morgan fingerprint density at radius 2 is 2.25 bits per heavy atom. The van der Waals surface area contributed by atoms with Crippen LogP contribution in [0.1, 0.15) is 19.4 Å². The number of nitrogens with zero attached hydrogens (tertiary/aromatic N) is 1. The summed E-state index contributed by atoms with van der Waals surface area (Å²) in [7, 11) is 2.14. The molecule has 1 aromatic carbocycles. The zero-order valence-corrected chi connectivity index (χ0v) is 10.3. The molecule has 0 aliphatic carbocycles. The standard InChI is InChI=1S/C13H20N2O/c1-10(2)15(3)9-11-5-4-6-12-13(11)16-8-7-14-12/h4-6,10,14H,7-9H2,1-3H3. The Morgan fingerprint density at radius 1 is 1.44 bits per heavy atom. The second-order valence-corrected chi connectivity index (χ2v) is 4.58. The first-order chi connectivity index (χ1) is 7.68. The third kappa shape index (κ3) is 2.30. The molecule has 1 aromatic rings. The van der Waals surface area contributed by atoms with E-state index in [1.165, 1.54) is 5.56 Å². The second kappa shape index (κ2) is 4.74. The zero-order chi connectivity index (χ0) is 11.5. The van der Waals surface area contributed by atoms with Crippen molar-refractivity contribution in [2.45, 2.75) is 26.4 Å². The summed E-state index contributed by atoms with van der Waals surface area (Å²) in [6.07, 6.45) is 0. The zero-order valence-electron chi connectivity index (χ0n) is 10.3. The average Bonchev–Trinajstić information content (AvgIpc) is 2.29. The number of ether oxygens (including phenoxy) is 1. The Hall–Kier alpha value is -1.22. The fourth-order valence-electron chi connectivity index (χ4n) is 1.81. The number of fused-ring (bicyclic) bond motifs is 1. The molecule has 0 fully saturated rings. The molecule has 0 unspecified atom stereocenters. The van der Waals surface area contributed by atoms with Crippen LogP contribution in [0.25, 0.3) is 0 Å². The molecule has 0 radical (unpaired) electrons. The largest absolute Gasteiger partial charge is 0.489 e. The maximum Gasteiger partial charge on any atom is 0.146 e. The van der Waals surface area contributed by atoms with E-state index in [2.05, 4.69) is 49.3 Å². The molecule has 0 amide bonds. The van der Waals surface area contributed by atoms with Crippen molar-refractivity contribution in [3.8, 4) is 5.75 Å². The van der Waals surface area contributed by atoms with E-state index in [1.54, 1.807) is 0 Å². The summed E-state index contributed by atoms with van der Waals surface area (Å²) in [5.41, 5.74) is 2.39. The van der Waals surface area contributed by atoms with E-state index in [0.717, 1.165) is 31.1 Å². The van der Waals surface area contributed by atoms with Gasteiger partial charge in [0.1, 0.15) is 12.4 Å². The number of anilines is 1. The van der Waals surface area contributed by atoms with Gasteiger partial charge in [0.2, 0.25) is 0 Å². The first-order valence-corrected chi connectivity index (χ1v) is 5.87. The molecule has 88 valence electrons. The van der Waals surface area contributed by atoms with Gasteiger partial charge in [-0.2, -0.15) is 0 Å². The van der Waals surface area contributed by atoms with Gasteiger partial charge in [-0.1, -0.05) is 12.1 Å². The lowest BCUT2D eigenvalue weighted by Gasteiger charge is -2.26. The first kappa shape index (κ1) is 11.3. The molecule has 1 aliphatic heterocycles. The van der Waals surface area contributed by atoms with Crippen LogP contribution in [0.4, 0.5) is 5.69 Å². The SMILES string of the molecule is CC(C)N(C)Cc1cccc2c1OCCN2. The number of benzene rings is 1. The summed E-state index contributed by atoms with van der Waals surface area (Å²) in [6.45, 7) is 7.00. The highest BCUT2D eigenvalue weighted by Crippen LogP contribution is 2.31. The highest BCUT2D eigenvalue weighted by Gasteiger charge is 2.15. The van der Waals surface area contributed by atoms with Crippen LogP contribution in [0.2, 0.25) is 0 Å². The predicted molar refractivity (Wildman–Crippen MR) is 67.0 cm³/mol. The molecule has 16 heavy (non-hydrogen) atoms. The van der Waals surface area contributed by atoms with Gasteiger partial charge in [-0.25, -0.2) is 0 Å². The Kier molecular flexibility index (Phi) is 3.34. The van der Waals surface area contributed by atoms with E-state index in [4.69, 9.17) is 4.74 Å². The average molecular weight is 220 g/mol. The molecule has 1 heterocycles. The van der Waals surface area contributed by atoms with E-state index in [9.17, 15) is 0 Å². The lowest BCUT2D eigenvalue weighted by Crippen LogP contribution is -2.27. The van der Waals surface area contributed by atoms with Gasteiger partial charge < -0.3 is 10.1 Å². The molecule has 0 saturated heterocycles. The molecule has 0 saturated carbocycles. The minimum absolute atomic E-state index is 0.549. The number of nitrogens with one attached hydrogen (secondary N) is 1. The summed E-state index contributed by atoms with van der Waals surface area (Å²) < 4.78 is 5.75. The maximum absolute atomic E-state index is 5.75. The number of para-hydroxylation sites is 1. The summed E-state index contributed by atoms with van der Waals surface area (Å²) >= 11 is 0. The maximum atomic E-state index is 5.75. The predicted octanol–water partition coefficient (Wildman–Crippen LogP) is 2.33. The van der Waals surface area contributed by atoms with E-state index >= 15 is 0 Å². The summed E-state index contributed by atoms with van der Waals surface area (Å²) in [6, 6.07) is 6.86. The monoisotopic (exact) mass is 220 g/mol. The van der Waals surface area contributed by atoms with Crippen LogP contribution in [-0.2, 0) is 6.54 Å². The van der Waals surface area contributed by atoms with Crippen LogP contribution in [0.3, 0.4) is 0 Å². The Labute approximate surface area is 97.4 Å². The number of rotatable bonds is 3. The van der Waals surface area contributed by atoms with E-state index in [-0.39, 0.29) is 0 Å². The lowest BCUT2D eigenvalue weighted by atomic mass is 10.1. The topological polar surface area (TPSA) is 24.5 Å². The van der Waals surface area contributed by atoms with Gasteiger partial charge in [0.25, 0.3) is 0 Å². The quantitative estimate of drug-likeness (QED) is 0.846. The molecule has 1 N–H and O–H groups in total. The third-order valence-electron chi connectivity index (χ3n) is 3.06. The molecule has 0 atom stereocenters. The van der Waals surface area contributed by atoms with E-state index < -0.39 is 0 Å². The minimum atomic E-state index is 0.549. The van der Waals surface area contributed by atoms with Crippen molar-refractivity contribution < 1.29 is 4.74 Å². The minimum Gasteiger partial charge on any atom is -0.489 e. The van der Waals surface area contributed by atoms with Crippen molar-refractivity contribution in [3.63, 3.8) is 0 Å². The van der Waals surface area contributed by atoms with Gasteiger partial charge in [0, 0.05) is 24.7 Å². The second-order valence-electron chi connectivity index (χ2n) is 4.58. The van der Waals surface area contributed by atoms with Gasteiger partial charge in [-0.15, -0.1) is 0 Å². The Balaban J connectivity index is 2.20. The van der Waals surface area contributed by atoms with Gasteiger partial charge in [-0.05, 0) is 27.0 Å². The normalized spacial score (nSPS) is 14.6. The number of hydrogen-bond donors (Lipinski definition) is 1. The molecular weight excluding hydrogens is 200 g/mol.